The summed E-state index contributed by atoms with van der Waals surface area (Å²) in [6.45, 7) is 8.29. The minimum Gasteiger partial charge on any atom is -0.483 e. The molecule has 5 heteroatoms. The molecule has 0 spiro atoms. The van der Waals surface area contributed by atoms with E-state index in [9.17, 15) is 9.18 Å². The second-order valence-electron chi connectivity index (χ2n) is 4.67. The SMILES string of the molecule is C=CCNC(=O)COc1ccc(F)cc1CNC(C)C. The molecule has 0 aliphatic rings. The van der Waals surface area contributed by atoms with Gasteiger partial charge in [0.05, 0.1) is 0 Å². The van der Waals surface area contributed by atoms with Gasteiger partial charge in [-0.15, -0.1) is 6.58 Å². The summed E-state index contributed by atoms with van der Waals surface area (Å²) in [5.74, 6) is -0.0562. The summed E-state index contributed by atoms with van der Waals surface area (Å²) >= 11 is 0. The molecular weight excluding hydrogens is 259 g/mol. The van der Waals surface area contributed by atoms with Crippen LogP contribution in [0.2, 0.25) is 0 Å². The summed E-state index contributed by atoms with van der Waals surface area (Å²) in [4.78, 5) is 11.4. The highest BCUT2D eigenvalue weighted by molar-refractivity contribution is 5.77. The number of benzene rings is 1. The smallest absolute Gasteiger partial charge is 0.258 e. The van der Waals surface area contributed by atoms with Crippen LogP contribution in [-0.2, 0) is 11.3 Å². The van der Waals surface area contributed by atoms with E-state index in [2.05, 4.69) is 17.2 Å². The molecule has 20 heavy (non-hydrogen) atoms. The Morgan fingerprint density at radius 2 is 2.25 bits per heavy atom. The van der Waals surface area contributed by atoms with Gasteiger partial charge < -0.3 is 15.4 Å². The van der Waals surface area contributed by atoms with Crippen LogP contribution >= 0.6 is 0 Å². The Morgan fingerprint density at radius 1 is 1.50 bits per heavy atom. The molecule has 0 fully saturated rings. The molecule has 1 aromatic rings. The summed E-state index contributed by atoms with van der Waals surface area (Å²) in [5.41, 5.74) is 0.690. The lowest BCUT2D eigenvalue weighted by Crippen LogP contribution is -2.29. The van der Waals surface area contributed by atoms with Crippen LogP contribution in [0.25, 0.3) is 0 Å². The number of carbonyl (C=O) groups excluding carboxylic acids is 1. The maximum absolute atomic E-state index is 13.3. The Morgan fingerprint density at radius 3 is 2.90 bits per heavy atom. The van der Waals surface area contributed by atoms with E-state index in [-0.39, 0.29) is 24.4 Å². The Hall–Kier alpha value is -1.88. The lowest BCUT2D eigenvalue weighted by molar-refractivity contribution is -0.122. The number of amides is 1. The number of ether oxygens (including phenoxy) is 1. The molecule has 0 unspecified atom stereocenters. The Balaban J connectivity index is 2.63. The summed E-state index contributed by atoms with van der Waals surface area (Å²) in [6.07, 6.45) is 1.59. The van der Waals surface area contributed by atoms with Gasteiger partial charge in [-0.3, -0.25) is 4.79 Å². The predicted octanol–water partition coefficient (Wildman–Crippen LogP) is 2.00. The number of rotatable bonds is 8. The van der Waals surface area contributed by atoms with Crippen molar-refractivity contribution in [2.24, 2.45) is 0 Å². The van der Waals surface area contributed by atoms with Crippen molar-refractivity contribution in [3.8, 4) is 5.75 Å². The highest BCUT2D eigenvalue weighted by Crippen LogP contribution is 2.19. The molecule has 1 rings (SSSR count). The van der Waals surface area contributed by atoms with Crippen molar-refractivity contribution in [3.05, 3.63) is 42.2 Å². The lowest BCUT2D eigenvalue weighted by atomic mass is 10.2. The summed E-state index contributed by atoms with van der Waals surface area (Å²) in [5, 5.41) is 5.80. The first-order chi connectivity index (χ1) is 9.52. The average Bonchev–Trinajstić information content (AvgIpc) is 2.41. The van der Waals surface area contributed by atoms with E-state index in [1.165, 1.54) is 18.2 Å². The Bertz CT molecular complexity index is 461. The van der Waals surface area contributed by atoms with Crippen molar-refractivity contribution in [1.82, 2.24) is 10.6 Å². The molecule has 0 aromatic heterocycles. The van der Waals surface area contributed by atoms with Gasteiger partial charge in [0.15, 0.2) is 6.61 Å². The largest absolute Gasteiger partial charge is 0.483 e. The maximum atomic E-state index is 13.3. The van der Waals surface area contributed by atoms with Crippen LogP contribution in [0.15, 0.2) is 30.9 Å². The van der Waals surface area contributed by atoms with Gasteiger partial charge in [-0.25, -0.2) is 4.39 Å². The van der Waals surface area contributed by atoms with Crippen molar-refractivity contribution in [2.75, 3.05) is 13.2 Å². The van der Waals surface area contributed by atoms with Gasteiger partial charge in [0, 0.05) is 24.7 Å². The first-order valence-corrected chi connectivity index (χ1v) is 6.55. The van der Waals surface area contributed by atoms with Gasteiger partial charge in [-0.1, -0.05) is 19.9 Å². The van der Waals surface area contributed by atoms with Crippen molar-refractivity contribution in [3.63, 3.8) is 0 Å². The monoisotopic (exact) mass is 280 g/mol. The molecule has 1 aromatic carbocycles. The average molecular weight is 280 g/mol. The third-order valence-electron chi connectivity index (χ3n) is 2.53. The standard InChI is InChI=1S/C15H21FN2O2/c1-4-7-17-15(19)10-20-14-6-5-13(16)8-12(14)9-18-11(2)3/h4-6,8,11,18H,1,7,9-10H2,2-3H3,(H,17,19). The first kappa shape index (κ1) is 16.2. The van der Waals surface area contributed by atoms with E-state index < -0.39 is 0 Å². The van der Waals surface area contributed by atoms with Crippen molar-refractivity contribution in [2.45, 2.75) is 26.4 Å². The van der Waals surface area contributed by atoms with Crippen LogP contribution in [0.3, 0.4) is 0 Å². The minimum atomic E-state index is -0.325. The normalized spacial score (nSPS) is 10.4. The van der Waals surface area contributed by atoms with Crippen LogP contribution < -0.4 is 15.4 Å². The second-order valence-corrected chi connectivity index (χ2v) is 4.67. The number of hydrogen-bond acceptors (Lipinski definition) is 3. The molecule has 0 atom stereocenters. The molecule has 0 radical (unpaired) electrons. The van der Waals surface area contributed by atoms with E-state index in [1.54, 1.807) is 6.08 Å². The third kappa shape index (κ3) is 5.84. The molecular formula is C15H21FN2O2. The van der Waals surface area contributed by atoms with E-state index in [0.29, 0.717) is 24.4 Å². The molecule has 0 aliphatic heterocycles. The van der Waals surface area contributed by atoms with Crippen LogP contribution in [0.4, 0.5) is 4.39 Å². The zero-order valence-corrected chi connectivity index (χ0v) is 11.9. The van der Waals surface area contributed by atoms with E-state index in [1.807, 2.05) is 13.8 Å². The molecule has 0 aliphatic carbocycles. The van der Waals surface area contributed by atoms with Crippen LogP contribution in [-0.4, -0.2) is 25.1 Å². The van der Waals surface area contributed by atoms with Crippen molar-refractivity contribution >= 4 is 5.91 Å². The highest BCUT2D eigenvalue weighted by Gasteiger charge is 2.08. The minimum absolute atomic E-state index is 0.103. The molecule has 110 valence electrons. The summed E-state index contributed by atoms with van der Waals surface area (Å²) in [7, 11) is 0. The van der Waals surface area contributed by atoms with E-state index >= 15 is 0 Å². The molecule has 1 amide bonds. The van der Waals surface area contributed by atoms with Gasteiger partial charge in [-0.2, -0.15) is 0 Å². The fourth-order valence-electron chi connectivity index (χ4n) is 1.52. The van der Waals surface area contributed by atoms with Gasteiger partial charge in [-0.05, 0) is 18.2 Å². The van der Waals surface area contributed by atoms with Gasteiger partial charge in [0.1, 0.15) is 11.6 Å². The van der Waals surface area contributed by atoms with Gasteiger partial charge >= 0.3 is 0 Å². The van der Waals surface area contributed by atoms with Crippen molar-refractivity contribution in [1.29, 1.82) is 0 Å². The quantitative estimate of drug-likeness (QED) is 0.716. The number of carbonyl (C=O) groups is 1. The van der Waals surface area contributed by atoms with Crippen LogP contribution in [0.1, 0.15) is 19.4 Å². The molecule has 0 saturated carbocycles. The maximum Gasteiger partial charge on any atom is 0.258 e. The Labute approximate surface area is 119 Å². The lowest BCUT2D eigenvalue weighted by Gasteiger charge is -2.13. The van der Waals surface area contributed by atoms with E-state index in [4.69, 9.17) is 4.74 Å². The van der Waals surface area contributed by atoms with Crippen LogP contribution in [0.5, 0.6) is 5.75 Å². The first-order valence-electron chi connectivity index (χ1n) is 6.55. The molecule has 0 saturated heterocycles. The zero-order chi connectivity index (χ0) is 15.0. The molecule has 0 bridgehead atoms. The van der Waals surface area contributed by atoms with E-state index in [0.717, 1.165) is 0 Å². The molecule has 0 heterocycles. The fraction of sp³-hybridized carbons (Fsp3) is 0.400. The number of hydrogen-bond donors (Lipinski definition) is 2. The fourth-order valence-corrected chi connectivity index (χ4v) is 1.52. The molecule has 2 N–H and O–H groups in total. The van der Waals surface area contributed by atoms with Gasteiger partial charge in [0.2, 0.25) is 0 Å². The van der Waals surface area contributed by atoms with Gasteiger partial charge in [0.25, 0.3) is 5.91 Å². The Kier molecular flexibility index (Phi) is 6.73. The second kappa shape index (κ2) is 8.32. The topological polar surface area (TPSA) is 50.4 Å². The zero-order valence-electron chi connectivity index (χ0n) is 11.9. The number of halogens is 1. The summed E-state index contributed by atoms with van der Waals surface area (Å²) in [6, 6.07) is 4.54. The predicted molar refractivity (Wildman–Crippen MR) is 77.1 cm³/mol. The summed E-state index contributed by atoms with van der Waals surface area (Å²) < 4.78 is 18.7. The molecule has 4 nitrogen and oxygen atoms in total. The third-order valence-corrected chi connectivity index (χ3v) is 2.53. The van der Waals surface area contributed by atoms with Crippen LogP contribution in [0, 0.1) is 5.82 Å². The van der Waals surface area contributed by atoms with Crippen molar-refractivity contribution < 1.29 is 13.9 Å². The highest BCUT2D eigenvalue weighted by atomic mass is 19.1. The number of nitrogens with one attached hydrogen (secondary N) is 2.